The van der Waals surface area contributed by atoms with Crippen molar-refractivity contribution in [2.75, 3.05) is 6.54 Å². The number of nitrogens with one attached hydrogen (secondary N) is 1. The average Bonchev–Trinajstić information content (AvgIpc) is 3.14. The summed E-state index contributed by atoms with van der Waals surface area (Å²) in [7, 11) is 0. The van der Waals surface area contributed by atoms with Crippen LogP contribution < -0.4 is 0 Å². The molecule has 0 spiro atoms. The number of H-pyrrole nitrogens is 1. The van der Waals surface area contributed by atoms with Gasteiger partial charge in [-0.25, -0.2) is 0 Å². The lowest BCUT2D eigenvalue weighted by atomic mass is 9.54. The molecule has 1 aromatic carbocycles. The largest absolute Gasteiger partial charge is 0.361 e. The molecule has 29 heavy (non-hydrogen) atoms. The number of hydrogen-bond donors (Lipinski definition) is 1. The molecule has 2 aromatic rings. The molecule has 2 aliphatic carbocycles. The van der Waals surface area contributed by atoms with Crippen molar-refractivity contribution in [2.45, 2.75) is 71.3 Å². The summed E-state index contributed by atoms with van der Waals surface area (Å²) in [5.41, 5.74) is 4.85. The van der Waals surface area contributed by atoms with Crippen molar-refractivity contribution >= 4 is 16.8 Å². The monoisotopic (exact) mass is 389 g/mol. The Balaban J connectivity index is 1.38. The Hall–Kier alpha value is -2.28. The fraction of sp³-hybridized carbons (Fsp3) is 0.600. The number of nitriles is 1. The molecule has 1 amide bonds. The predicted octanol–water partition coefficient (Wildman–Crippen LogP) is 5.21. The third kappa shape index (κ3) is 2.81. The summed E-state index contributed by atoms with van der Waals surface area (Å²) in [4.78, 5) is 19.0. The Morgan fingerprint density at radius 2 is 2.17 bits per heavy atom. The van der Waals surface area contributed by atoms with Crippen LogP contribution in [0.2, 0.25) is 0 Å². The topological polar surface area (TPSA) is 59.9 Å². The van der Waals surface area contributed by atoms with Crippen molar-refractivity contribution in [1.82, 2.24) is 9.88 Å². The highest BCUT2D eigenvalue weighted by atomic mass is 16.2. The summed E-state index contributed by atoms with van der Waals surface area (Å²) < 4.78 is 0. The number of amides is 1. The van der Waals surface area contributed by atoms with Crippen molar-refractivity contribution in [1.29, 1.82) is 5.26 Å². The van der Waals surface area contributed by atoms with Gasteiger partial charge in [0.15, 0.2) is 0 Å². The van der Waals surface area contributed by atoms with Gasteiger partial charge < -0.3 is 9.88 Å². The number of nitrogens with zero attached hydrogens (tertiary/aromatic N) is 2. The molecule has 1 saturated heterocycles. The predicted molar refractivity (Wildman–Crippen MR) is 114 cm³/mol. The Morgan fingerprint density at radius 3 is 2.97 bits per heavy atom. The van der Waals surface area contributed by atoms with E-state index in [9.17, 15) is 10.1 Å². The van der Waals surface area contributed by atoms with Crippen LogP contribution in [0.25, 0.3) is 10.9 Å². The van der Waals surface area contributed by atoms with Crippen LogP contribution in [0, 0.1) is 42.4 Å². The Kier molecular flexibility index (Phi) is 4.28. The van der Waals surface area contributed by atoms with Crippen LogP contribution in [0.5, 0.6) is 0 Å². The van der Waals surface area contributed by atoms with Crippen LogP contribution in [0.1, 0.15) is 68.1 Å². The number of piperidine rings is 1. The molecule has 3 aliphatic rings. The lowest BCUT2D eigenvalue weighted by Crippen LogP contribution is -2.60. The van der Waals surface area contributed by atoms with Gasteiger partial charge in [-0.2, -0.15) is 5.26 Å². The summed E-state index contributed by atoms with van der Waals surface area (Å²) >= 11 is 0. The van der Waals surface area contributed by atoms with Crippen LogP contribution in [0.3, 0.4) is 0 Å². The van der Waals surface area contributed by atoms with E-state index in [1.165, 1.54) is 28.5 Å². The molecule has 152 valence electrons. The fourth-order valence-corrected chi connectivity index (χ4v) is 6.63. The molecule has 5 unspecified atom stereocenters. The third-order valence-electron chi connectivity index (χ3n) is 8.38. The molecule has 1 aliphatic heterocycles. The van der Waals surface area contributed by atoms with Crippen LogP contribution in [-0.4, -0.2) is 28.4 Å². The van der Waals surface area contributed by atoms with Crippen LogP contribution in [0.15, 0.2) is 18.3 Å². The molecule has 3 bridgehead atoms. The normalized spacial score (nSPS) is 31.7. The highest BCUT2D eigenvalue weighted by Crippen LogP contribution is 2.56. The number of hydrogen-bond acceptors (Lipinski definition) is 2. The standard InChI is InChI=1S/C25H31N3O/c1-15-4-7-22-24(17(15)3)21(12-27-22)16(2)8-23(29)28-13-19-6-5-18-9-20(28)11-25(19,10-18)14-26/h4,7,12,16,18-20,27H,5-6,8-11,13H2,1-3H3. The minimum atomic E-state index is -0.153. The minimum absolute atomic E-state index is 0.153. The summed E-state index contributed by atoms with van der Waals surface area (Å²) in [6.45, 7) is 7.30. The summed E-state index contributed by atoms with van der Waals surface area (Å²) in [6, 6.07) is 7.26. The maximum absolute atomic E-state index is 13.4. The number of aromatic nitrogens is 1. The molecular formula is C25H31N3O. The van der Waals surface area contributed by atoms with Crippen molar-refractivity contribution in [3.05, 3.63) is 35.0 Å². The molecule has 3 fully saturated rings. The van der Waals surface area contributed by atoms with Gasteiger partial charge in [-0.3, -0.25) is 4.79 Å². The number of rotatable bonds is 3. The zero-order valence-corrected chi connectivity index (χ0v) is 17.8. The van der Waals surface area contributed by atoms with Gasteiger partial charge >= 0.3 is 0 Å². The molecule has 2 heterocycles. The van der Waals surface area contributed by atoms with Crippen molar-refractivity contribution in [3.63, 3.8) is 0 Å². The quantitative estimate of drug-likeness (QED) is 0.783. The highest BCUT2D eigenvalue weighted by Gasteiger charge is 2.55. The zero-order chi connectivity index (χ0) is 20.3. The first kappa shape index (κ1) is 18.7. The highest BCUT2D eigenvalue weighted by molar-refractivity contribution is 5.89. The first-order valence-electron chi connectivity index (χ1n) is 11.2. The lowest BCUT2D eigenvalue weighted by molar-refractivity contribution is -0.146. The second-order valence-electron chi connectivity index (χ2n) is 10.0. The van der Waals surface area contributed by atoms with E-state index in [1.54, 1.807) is 0 Å². The van der Waals surface area contributed by atoms with E-state index in [0.29, 0.717) is 18.3 Å². The zero-order valence-electron chi connectivity index (χ0n) is 17.8. The van der Waals surface area contributed by atoms with Crippen molar-refractivity contribution in [2.24, 2.45) is 17.3 Å². The SMILES string of the molecule is Cc1ccc2[nH]cc(C(C)CC(=O)N3CC4CCC5CC3CC4(C#N)C5)c2c1C. The fourth-order valence-electron chi connectivity index (χ4n) is 6.63. The van der Waals surface area contributed by atoms with Gasteiger partial charge in [0.05, 0.1) is 11.5 Å². The van der Waals surface area contributed by atoms with E-state index in [1.807, 2.05) is 0 Å². The minimum Gasteiger partial charge on any atom is -0.361 e. The van der Waals surface area contributed by atoms with E-state index < -0.39 is 0 Å². The first-order chi connectivity index (χ1) is 13.9. The average molecular weight is 390 g/mol. The maximum Gasteiger partial charge on any atom is 0.223 e. The molecule has 4 nitrogen and oxygen atoms in total. The lowest BCUT2D eigenvalue weighted by Gasteiger charge is -2.57. The first-order valence-corrected chi connectivity index (χ1v) is 11.2. The van der Waals surface area contributed by atoms with Gasteiger partial charge in [0.25, 0.3) is 0 Å². The smallest absolute Gasteiger partial charge is 0.223 e. The van der Waals surface area contributed by atoms with E-state index in [4.69, 9.17) is 0 Å². The Labute approximate surface area is 173 Å². The second-order valence-corrected chi connectivity index (χ2v) is 10.0. The second kappa shape index (κ2) is 6.62. The molecule has 5 rings (SSSR count). The number of fused-ring (bicyclic) bond motifs is 3. The number of carbonyl (C=O) groups excluding carboxylic acids is 1. The Morgan fingerprint density at radius 1 is 1.34 bits per heavy atom. The molecule has 2 saturated carbocycles. The maximum atomic E-state index is 13.4. The van der Waals surface area contributed by atoms with Crippen LogP contribution in [0.4, 0.5) is 0 Å². The molecule has 4 heteroatoms. The Bertz CT molecular complexity index is 1010. The number of likely N-dealkylation sites (tertiary alicyclic amines) is 1. The molecule has 5 atom stereocenters. The van der Waals surface area contributed by atoms with Crippen LogP contribution >= 0.6 is 0 Å². The van der Waals surface area contributed by atoms with Gasteiger partial charge in [-0.1, -0.05) is 13.0 Å². The van der Waals surface area contributed by atoms with Crippen molar-refractivity contribution < 1.29 is 4.79 Å². The molecule has 1 aromatic heterocycles. The van der Waals surface area contributed by atoms with Gasteiger partial charge in [0.1, 0.15) is 0 Å². The molecule has 0 radical (unpaired) electrons. The van der Waals surface area contributed by atoms with E-state index >= 15 is 0 Å². The van der Waals surface area contributed by atoms with E-state index in [2.05, 4.69) is 55.1 Å². The van der Waals surface area contributed by atoms with E-state index in [0.717, 1.165) is 37.7 Å². The van der Waals surface area contributed by atoms with Crippen LogP contribution in [-0.2, 0) is 4.79 Å². The number of aromatic amines is 1. The van der Waals surface area contributed by atoms with Gasteiger partial charge in [-0.05, 0) is 86.5 Å². The van der Waals surface area contributed by atoms with Gasteiger partial charge in [-0.15, -0.1) is 0 Å². The summed E-state index contributed by atoms with van der Waals surface area (Å²) in [6.07, 6.45) is 8.07. The number of benzene rings is 1. The van der Waals surface area contributed by atoms with Gasteiger partial charge in [0, 0.05) is 36.1 Å². The summed E-state index contributed by atoms with van der Waals surface area (Å²) in [5, 5.41) is 11.2. The van der Waals surface area contributed by atoms with Crippen molar-refractivity contribution in [3.8, 4) is 6.07 Å². The van der Waals surface area contributed by atoms with Gasteiger partial charge in [0.2, 0.25) is 5.91 Å². The van der Waals surface area contributed by atoms with E-state index in [-0.39, 0.29) is 23.3 Å². The third-order valence-corrected chi connectivity index (χ3v) is 8.38. The summed E-state index contributed by atoms with van der Waals surface area (Å²) in [5.74, 6) is 1.47. The number of aryl methyl sites for hydroxylation is 2. The molecular weight excluding hydrogens is 358 g/mol. The molecule has 1 N–H and O–H groups in total. The number of carbonyl (C=O) groups is 1.